The Bertz CT molecular complexity index is 660. The second-order valence-electron chi connectivity index (χ2n) is 5.53. The van der Waals surface area contributed by atoms with E-state index in [0.717, 1.165) is 17.1 Å². The molecule has 0 aromatic heterocycles. The van der Waals surface area contributed by atoms with E-state index in [4.69, 9.17) is 9.47 Å². The van der Waals surface area contributed by atoms with Crippen molar-refractivity contribution in [2.24, 2.45) is 0 Å². The van der Waals surface area contributed by atoms with E-state index in [0.29, 0.717) is 19.7 Å². The van der Waals surface area contributed by atoms with Crippen LogP contribution in [0.2, 0.25) is 0 Å². The zero-order chi connectivity index (χ0) is 16.1. The van der Waals surface area contributed by atoms with Gasteiger partial charge in [0.25, 0.3) is 0 Å². The molecule has 5 heteroatoms. The number of hydrogen-bond donors (Lipinski definition) is 1. The SMILES string of the molecule is CN(Cc1ccccc1)C(=O)NCC1COc2ccccc2O1. The number of nitrogens with zero attached hydrogens (tertiary/aromatic N) is 1. The third-order valence-corrected chi connectivity index (χ3v) is 3.66. The number of benzene rings is 2. The summed E-state index contributed by atoms with van der Waals surface area (Å²) in [6.07, 6.45) is -0.182. The minimum Gasteiger partial charge on any atom is -0.486 e. The summed E-state index contributed by atoms with van der Waals surface area (Å²) in [5.41, 5.74) is 1.09. The molecule has 0 saturated heterocycles. The van der Waals surface area contributed by atoms with Crippen molar-refractivity contribution in [1.29, 1.82) is 0 Å². The summed E-state index contributed by atoms with van der Waals surface area (Å²) in [7, 11) is 1.77. The molecule has 2 aromatic rings. The lowest BCUT2D eigenvalue weighted by molar-refractivity contribution is 0.0904. The molecule has 23 heavy (non-hydrogen) atoms. The van der Waals surface area contributed by atoms with Crippen molar-refractivity contribution in [3.63, 3.8) is 0 Å². The lowest BCUT2D eigenvalue weighted by atomic mass is 10.2. The summed E-state index contributed by atoms with van der Waals surface area (Å²) < 4.78 is 11.5. The molecule has 1 N–H and O–H groups in total. The summed E-state index contributed by atoms with van der Waals surface area (Å²) in [4.78, 5) is 13.8. The molecule has 0 bridgehead atoms. The highest BCUT2D eigenvalue weighted by molar-refractivity contribution is 5.73. The minimum absolute atomic E-state index is 0.128. The molecular formula is C18H20N2O3. The Balaban J connectivity index is 1.48. The van der Waals surface area contributed by atoms with Crippen molar-refractivity contribution < 1.29 is 14.3 Å². The molecule has 1 aliphatic rings. The van der Waals surface area contributed by atoms with Gasteiger partial charge in [-0.1, -0.05) is 42.5 Å². The third kappa shape index (κ3) is 3.94. The number of fused-ring (bicyclic) bond motifs is 1. The number of carbonyl (C=O) groups excluding carboxylic acids is 1. The van der Waals surface area contributed by atoms with Crippen LogP contribution in [-0.2, 0) is 6.54 Å². The van der Waals surface area contributed by atoms with Crippen LogP contribution in [0.15, 0.2) is 54.6 Å². The van der Waals surface area contributed by atoms with Gasteiger partial charge in [-0.05, 0) is 17.7 Å². The molecular weight excluding hydrogens is 292 g/mol. The molecule has 2 aromatic carbocycles. The van der Waals surface area contributed by atoms with Crippen LogP contribution >= 0.6 is 0 Å². The lowest BCUT2D eigenvalue weighted by Gasteiger charge is -2.27. The van der Waals surface area contributed by atoms with E-state index < -0.39 is 0 Å². The lowest BCUT2D eigenvalue weighted by Crippen LogP contribution is -2.44. The first-order valence-electron chi connectivity index (χ1n) is 7.64. The maximum Gasteiger partial charge on any atom is 0.317 e. The van der Waals surface area contributed by atoms with Gasteiger partial charge in [-0.2, -0.15) is 0 Å². The molecule has 0 fully saturated rings. The summed E-state index contributed by atoms with van der Waals surface area (Å²) in [6.45, 7) is 1.41. The van der Waals surface area contributed by atoms with Crippen molar-refractivity contribution in [1.82, 2.24) is 10.2 Å². The van der Waals surface area contributed by atoms with Gasteiger partial charge >= 0.3 is 6.03 Å². The van der Waals surface area contributed by atoms with Crippen LogP contribution in [0.1, 0.15) is 5.56 Å². The smallest absolute Gasteiger partial charge is 0.317 e. The number of hydrogen-bond acceptors (Lipinski definition) is 3. The fraction of sp³-hybridized carbons (Fsp3) is 0.278. The molecule has 1 atom stereocenters. The number of para-hydroxylation sites is 2. The predicted molar refractivity (Wildman–Crippen MR) is 87.7 cm³/mol. The molecule has 3 rings (SSSR count). The van der Waals surface area contributed by atoms with Crippen LogP contribution in [0.3, 0.4) is 0 Å². The Hall–Kier alpha value is -2.69. The van der Waals surface area contributed by atoms with Crippen molar-refractivity contribution in [3.05, 3.63) is 60.2 Å². The Morgan fingerprint density at radius 1 is 1.13 bits per heavy atom. The molecule has 1 unspecified atom stereocenters. The molecule has 0 saturated carbocycles. The zero-order valence-corrected chi connectivity index (χ0v) is 13.1. The number of urea groups is 1. The summed E-state index contributed by atoms with van der Waals surface area (Å²) >= 11 is 0. The van der Waals surface area contributed by atoms with Crippen LogP contribution in [-0.4, -0.2) is 37.2 Å². The zero-order valence-electron chi connectivity index (χ0n) is 13.1. The van der Waals surface area contributed by atoms with Crippen molar-refractivity contribution in [2.75, 3.05) is 20.2 Å². The van der Waals surface area contributed by atoms with Gasteiger partial charge in [0, 0.05) is 13.6 Å². The molecule has 0 spiro atoms. The van der Waals surface area contributed by atoms with Gasteiger partial charge in [0.15, 0.2) is 17.6 Å². The Morgan fingerprint density at radius 2 is 1.83 bits per heavy atom. The minimum atomic E-state index is -0.182. The topological polar surface area (TPSA) is 50.8 Å². The number of nitrogens with one attached hydrogen (secondary N) is 1. The summed E-state index contributed by atoms with van der Waals surface area (Å²) in [5, 5.41) is 2.89. The van der Waals surface area contributed by atoms with E-state index in [1.807, 2.05) is 54.6 Å². The monoisotopic (exact) mass is 312 g/mol. The molecule has 2 amide bonds. The molecule has 1 aliphatic heterocycles. The van der Waals surface area contributed by atoms with Crippen molar-refractivity contribution in [3.8, 4) is 11.5 Å². The molecule has 0 radical (unpaired) electrons. The van der Waals surface area contributed by atoms with Crippen LogP contribution in [0.4, 0.5) is 4.79 Å². The van der Waals surface area contributed by atoms with Gasteiger partial charge in [-0.15, -0.1) is 0 Å². The highest BCUT2D eigenvalue weighted by Crippen LogP contribution is 2.30. The first-order chi connectivity index (χ1) is 11.2. The normalized spacial score (nSPS) is 15.8. The van der Waals surface area contributed by atoms with E-state index >= 15 is 0 Å². The molecule has 120 valence electrons. The fourth-order valence-electron chi connectivity index (χ4n) is 2.43. The fourth-order valence-corrected chi connectivity index (χ4v) is 2.43. The van der Waals surface area contributed by atoms with Gasteiger partial charge in [0.1, 0.15) is 6.61 Å². The number of amides is 2. The van der Waals surface area contributed by atoms with E-state index in [1.165, 1.54) is 0 Å². The maximum absolute atomic E-state index is 12.2. The maximum atomic E-state index is 12.2. The second kappa shape index (κ2) is 7.05. The van der Waals surface area contributed by atoms with Crippen LogP contribution < -0.4 is 14.8 Å². The average Bonchev–Trinajstić information content (AvgIpc) is 2.60. The first-order valence-corrected chi connectivity index (χ1v) is 7.64. The third-order valence-electron chi connectivity index (χ3n) is 3.66. The number of ether oxygens (including phenoxy) is 2. The van der Waals surface area contributed by atoms with Crippen molar-refractivity contribution >= 4 is 6.03 Å². The van der Waals surface area contributed by atoms with Gasteiger partial charge in [0.05, 0.1) is 6.54 Å². The predicted octanol–water partition coefficient (Wildman–Crippen LogP) is 2.67. The van der Waals surface area contributed by atoms with E-state index in [-0.39, 0.29) is 12.1 Å². The second-order valence-corrected chi connectivity index (χ2v) is 5.53. The van der Waals surface area contributed by atoms with E-state index in [2.05, 4.69) is 5.32 Å². The molecule has 1 heterocycles. The van der Waals surface area contributed by atoms with Gasteiger partial charge in [-0.25, -0.2) is 4.79 Å². The molecule has 0 aliphatic carbocycles. The van der Waals surface area contributed by atoms with Gasteiger partial charge in [-0.3, -0.25) is 0 Å². The number of rotatable bonds is 4. The van der Waals surface area contributed by atoms with Crippen LogP contribution in [0, 0.1) is 0 Å². The van der Waals surface area contributed by atoms with E-state index in [1.54, 1.807) is 11.9 Å². The standard InChI is InChI=1S/C18H20N2O3/c1-20(12-14-7-3-2-4-8-14)18(21)19-11-15-13-22-16-9-5-6-10-17(16)23-15/h2-10,15H,11-13H2,1H3,(H,19,21). The Kier molecular flexibility index (Phi) is 4.66. The highest BCUT2D eigenvalue weighted by atomic mass is 16.6. The summed E-state index contributed by atoms with van der Waals surface area (Å²) in [5.74, 6) is 1.46. The average molecular weight is 312 g/mol. The van der Waals surface area contributed by atoms with Crippen molar-refractivity contribution in [2.45, 2.75) is 12.6 Å². The van der Waals surface area contributed by atoms with Crippen LogP contribution in [0.5, 0.6) is 11.5 Å². The molecule has 5 nitrogen and oxygen atoms in total. The highest BCUT2D eigenvalue weighted by Gasteiger charge is 2.21. The quantitative estimate of drug-likeness (QED) is 0.944. The Morgan fingerprint density at radius 3 is 2.61 bits per heavy atom. The van der Waals surface area contributed by atoms with E-state index in [9.17, 15) is 4.79 Å². The Labute approximate surface area is 135 Å². The van der Waals surface area contributed by atoms with Gasteiger partial charge in [0.2, 0.25) is 0 Å². The number of carbonyl (C=O) groups is 1. The van der Waals surface area contributed by atoms with Gasteiger partial charge < -0.3 is 19.7 Å². The van der Waals surface area contributed by atoms with Crippen LogP contribution in [0.25, 0.3) is 0 Å². The summed E-state index contributed by atoms with van der Waals surface area (Å²) in [6, 6.07) is 17.3. The first kappa shape index (κ1) is 15.2. The largest absolute Gasteiger partial charge is 0.486 e.